The number of methoxy groups -OCH3 is 2. The Hall–Kier alpha value is -2.63. The second kappa shape index (κ2) is 6.69. The molecule has 1 aromatic carbocycles. The molecule has 6 nitrogen and oxygen atoms in total. The Morgan fingerprint density at radius 1 is 1.24 bits per heavy atom. The minimum Gasteiger partial charge on any atom is -0.497 e. The van der Waals surface area contributed by atoms with Gasteiger partial charge in [-0.3, -0.25) is 0 Å². The van der Waals surface area contributed by atoms with Gasteiger partial charge in [-0.2, -0.15) is 0 Å². The molecule has 1 N–H and O–H groups in total. The average molecular weight is 287 g/mol. The van der Waals surface area contributed by atoms with Crippen molar-refractivity contribution in [2.45, 2.75) is 13.5 Å². The van der Waals surface area contributed by atoms with Crippen LogP contribution < -0.4 is 10.1 Å². The van der Waals surface area contributed by atoms with E-state index in [0.717, 1.165) is 11.3 Å². The summed E-state index contributed by atoms with van der Waals surface area (Å²) < 4.78 is 9.82. The topological polar surface area (TPSA) is 73.3 Å². The van der Waals surface area contributed by atoms with Crippen LogP contribution in [0.15, 0.2) is 30.5 Å². The van der Waals surface area contributed by atoms with Crippen molar-refractivity contribution >= 4 is 11.8 Å². The summed E-state index contributed by atoms with van der Waals surface area (Å²) in [6, 6.07) is 7.62. The molecule has 0 atom stereocenters. The molecular formula is C15H17N3O3. The van der Waals surface area contributed by atoms with Crippen molar-refractivity contribution in [1.29, 1.82) is 0 Å². The number of rotatable bonds is 5. The van der Waals surface area contributed by atoms with E-state index >= 15 is 0 Å². The molecule has 21 heavy (non-hydrogen) atoms. The van der Waals surface area contributed by atoms with Gasteiger partial charge in [-0.05, 0) is 24.6 Å². The van der Waals surface area contributed by atoms with E-state index in [1.807, 2.05) is 24.3 Å². The number of carbonyl (C=O) groups excluding carboxylic acids is 1. The molecule has 2 rings (SSSR count). The smallest absolute Gasteiger partial charge is 0.360 e. The normalized spacial score (nSPS) is 10.0. The summed E-state index contributed by atoms with van der Waals surface area (Å²) in [4.78, 5) is 20.1. The van der Waals surface area contributed by atoms with E-state index in [4.69, 9.17) is 9.47 Å². The zero-order chi connectivity index (χ0) is 15.2. The molecule has 0 spiro atoms. The highest BCUT2D eigenvalue weighted by Gasteiger charge is 2.15. The number of nitrogens with zero attached hydrogens (tertiary/aromatic N) is 2. The summed E-state index contributed by atoms with van der Waals surface area (Å²) in [6.07, 6.45) is 1.60. The number of carbonyl (C=O) groups is 1. The van der Waals surface area contributed by atoms with Crippen LogP contribution in [0.1, 0.15) is 21.7 Å². The third-order valence-electron chi connectivity index (χ3n) is 2.89. The number of esters is 1. The lowest BCUT2D eigenvalue weighted by Gasteiger charge is -2.10. The maximum atomic E-state index is 11.7. The lowest BCUT2D eigenvalue weighted by atomic mass is 10.2. The largest absolute Gasteiger partial charge is 0.497 e. The molecule has 1 aromatic heterocycles. The number of aryl methyl sites for hydroxylation is 1. The van der Waals surface area contributed by atoms with Crippen molar-refractivity contribution in [3.63, 3.8) is 0 Å². The average Bonchev–Trinajstić information content (AvgIpc) is 2.53. The Morgan fingerprint density at radius 2 is 1.95 bits per heavy atom. The SMILES string of the molecule is COC(=O)c1nc(C)cnc1NCc1ccc(OC)cc1. The molecule has 0 saturated heterocycles. The minimum absolute atomic E-state index is 0.186. The van der Waals surface area contributed by atoms with Gasteiger partial charge in [-0.1, -0.05) is 12.1 Å². The molecule has 0 amide bonds. The zero-order valence-corrected chi connectivity index (χ0v) is 12.2. The summed E-state index contributed by atoms with van der Waals surface area (Å²) in [5.74, 6) is 0.691. The first-order valence-corrected chi connectivity index (χ1v) is 6.43. The van der Waals surface area contributed by atoms with Gasteiger partial charge < -0.3 is 14.8 Å². The van der Waals surface area contributed by atoms with Crippen LogP contribution in [0.3, 0.4) is 0 Å². The first kappa shape index (κ1) is 14.8. The number of anilines is 1. The van der Waals surface area contributed by atoms with Crippen LogP contribution in [-0.4, -0.2) is 30.2 Å². The summed E-state index contributed by atoms with van der Waals surface area (Å²) in [7, 11) is 2.94. The van der Waals surface area contributed by atoms with Crippen molar-refractivity contribution in [2.75, 3.05) is 19.5 Å². The minimum atomic E-state index is -0.511. The molecule has 0 saturated carbocycles. The van der Waals surface area contributed by atoms with Gasteiger partial charge in [0.15, 0.2) is 11.5 Å². The number of hydrogen-bond donors (Lipinski definition) is 1. The van der Waals surface area contributed by atoms with E-state index in [1.54, 1.807) is 20.2 Å². The van der Waals surface area contributed by atoms with Crippen molar-refractivity contribution in [3.8, 4) is 5.75 Å². The van der Waals surface area contributed by atoms with Crippen molar-refractivity contribution < 1.29 is 14.3 Å². The van der Waals surface area contributed by atoms with Crippen LogP contribution in [0.4, 0.5) is 5.82 Å². The number of nitrogens with one attached hydrogen (secondary N) is 1. The summed E-state index contributed by atoms with van der Waals surface area (Å²) in [5, 5.41) is 3.09. The summed E-state index contributed by atoms with van der Waals surface area (Å²) >= 11 is 0. The van der Waals surface area contributed by atoms with Gasteiger partial charge in [-0.15, -0.1) is 0 Å². The molecule has 0 bridgehead atoms. The van der Waals surface area contributed by atoms with Crippen LogP contribution in [-0.2, 0) is 11.3 Å². The Kier molecular flexibility index (Phi) is 4.71. The van der Waals surface area contributed by atoms with Gasteiger partial charge in [0.25, 0.3) is 0 Å². The highest BCUT2D eigenvalue weighted by molar-refractivity contribution is 5.92. The van der Waals surface area contributed by atoms with Gasteiger partial charge in [0.05, 0.1) is 26.1 Å². The van der Waals surface area contributed by atoms with E-state index in [2.05, 4.69) is 15.3 Å². The van der Waals surface area contributed by atoms with Gasteiger partial charge >= 0.3 is 5.97 Å². The molecule has 1 heterocycles. The molecule has 6 heteroatoms. The molecular weight excluding hydrogens is 270 g/mol. The zero-order valence-electron chi connectivity index (χ0n) is 12.2. The number of hydrogen-bond acceptors (Lipinski definition) is 6. The fraction of sp³-hybridized carbons (Fsp3) is 0.267. The van der Waals surface area contributed by atoms with E-state index in [-0.39, 0.29) is 5.69 Å². The number of aromatic nitrogens is 2. The van der Waals surface area contributed by atoms with E-state index in [1.165, 1.54) is 7.11 Å². The maximum Gasteiger partial charge on any atom is 0.360 e. The summed E-state index contributed by atoms with van der Waals surface area (Å²) in [6.45, 7) is 2.29. The number of benzene rings is 1. The van der Waals surface area contributed by atoms with Crippen LogP contribution in [0.2, 0.25) is 0 Å². The van der Waals surface area contributed by atoms with Gasteiger partial charge in [0.1, 0.15) is 5.75 Å². The van der Waals surface area contributed by atoms with Gasteiger partial charge in [-0.25, -0.2) is 14.8 Å². The fourth-order valence-corrected chi connectivity index (χ4v) is 1.77. The molecule has 0 aliphatic heterocycles. The standard InChI is InChI=1S/C15H17N3O3/c1-10-8-16-14(13(18-10)15(19)21-3)17-9-11-4-6-12(20-2)7-5-11/h4-8H,9H2,1-3H3,(H,16,17). The van der Waals surface area contributed by atoms with Crippen molar-refractivity contribution in [3.05, 3.63) is 47.4 Å². The maximum absolute atomic E-state index is 11.7. The Balaban J connectivity index is 2.13. The second-order valence-corrected chi connectivity index (χ2v) is 4.40. The Labute approximate surface area is 123 Å². The van der Waals surface area contributed by atoms with Crippen molar-refractivity contribution in [2.24, 2.45) is 0 Å². The van der Waals surface area contributed by atoms with E-state index in [0.29, 0.717) is 18.1 Å². The van der Waals surface area contributed by atoms with Gasteiger partial charge in [0, 0.05) is 6.54 Å². The van der Waals surface area contributed by atoms with E-state index in [9.17, 15) is 4.79 Å². The molecule has 2 aromatic rings. The molecule has 0 aliphatic rings. The highest BCUT2D eigenvalue weighted by Crippen LogP contribution is 2.15. The number of ether oxygens (including phenoxy) is 2. The molecule has 0 aliphatic carbocycles. The van der Waals surface area contributed by atoms with E-state index < -0.39 is 5.97 Å². The predicted octanol–water partition coefficient (Wildman–Crippen LogP) is 2.19. The van der Waals surface area contributed by atoms with Gasteiger partial charge in [0.2, 0.25) is 0 Å². The predicted molar refractivity (Wildman–Crippen MR) is 78.4 cm³/mol. The highest BCUT2D eigenvalue weighted by atomic mass is 16.5. The Morgan fingerprint density at radius 3 is 2.57 bits per heavy atom. The monoisotopic (exact) mass is 287 g/mol. The van der Waals surface area contributed by atoms with Crippen LogP contribution in [0.5, 0.6) is 5.75 Å². The third kappa shape index (κ3) is 3.68. The molecule has 0 unspecified atom stereocenters. The Bertz CT molecular complexity index is 627. The molecule has 110 valence electrons. The van der Waals surface area contributed by atoms with Crippen molar-refractivity contribution in [1.82, 2.24) is 9.97 Å². The second-order valence-electron chi connectivity index (χ2n) is 4.40. The first-order chi connectivity index (χ1) is 10.1. The first-order valence-electron chi connectivity index (χ1n) is 6.43. The third-order valence-corrected chi connectivity index (χ3v) is 2.89. The fourth-order valence-electron chi connectivity index (χ4n) is 1.77. The summed E-state index contributed by atoms with van der Waals surface area (Å²) in [5.41, 5.74) is 1.88. The lowest BCUT2D eigenvalue weighted by Crippen LogP contribution is -2.13. The van der Waals surface area contributed by atoms with Crippen LogP contribution >= 0.6 is 0 Å². The quantitative estimate of drug-likeness (QED) is 0.850. The van der Waals surface area contributed by atoms with Crippen LogP contribution in [0, 0.1) is 6.92 Å². The van der Waals surface area contributed by atoms with Crippen LogP contribution in [0.25, 0.3) is 0 Å². The molecule has 0 fully saturated rings. The molecule has 0 radical (unpaired) electrons. The lowest BCUT2D eigenvalue weighted by molar-refractivity contribution is 0.0594.